The lowest BCUT2D eigenvalue weighted by atomic mass is 10.3. The molecule has 0 fully saturated rings. The summed E-state index contributed by atoms with van der Waals surface area (Å²) in [5.74, 6) is -1.52. The minimum Gasteiger partial charge on any atom is -0.404 e. The second-order valence-electron chi connectivity index (χ2n) is 2.25. The molecular weight excluding hydrogens is 338 g/mol. The van der Waals surface area contributed by atoms with Gasteiger partial charge in [-0.3, -0.25) is 0 Å². The Morgan fingerprint density at radius 3 is 2.36 bits per heavy atom. The Balaban J connectivity index is 3.09. The summed E-state index contributed by atoms with van der Waals surface area (Å²) in [6.45, 7) is 0. The third-order valence-corrected chi connectivity index (χ3v) is 2.91. The third-order valence-electron chi connectivity index (χ3n) is 1.19. The van der Waals surface area contributed by atoms with Crippen LogP contribution < -0.4 is 4.74 Å². The van der Waals surface area contributed by atoms with E-state index in [4.69, 9.17) is 11.6 Å². The third kappa shape index (κ3) is 3.16. The Bertz CT molecular complexity index is 352. The van der Waals surface area contributed by atoms with Gasteiger partial charge in [0.2, 0.25) is 0 Å². The van der Waals surface area contributed by atoms with Crippen molar-refractivity contribution >= 4 is 34.2 Å². The normalized spacial score (nSPS) is 11.6. The maximum atomic E-state index is 12.6. The van der Waals surface area contributed by atoms with Crippen molar-refractivity contribution in [1.29, 1.82) is 0 Å². The fourth-order valence-corrected chi connectivity index (χ4v) is 1.35. The number of rotatable bonds is 1. The van der Waals surface area contributed by atoms with Crippen molar-refractivity contribution in [3.05, 3.63) is 26.5 Å². The fraction of sp³-hybridized carbons (Fsp3) is 0.143. The van der Waals surface area contributed by atoms with Crippen molar-refractivity contribution in [3.8, 4) is 5.75 Å². The summed E-state index contributed by atoms with van der Waals surface area (Å²) in [5, 5.41) is -0.121. The van der Waals surface area contributed by atoms with Crippen molar-refractivity contribution in [1.82, 2.24) is 0 Å². The van der Waals surface area contributed by atoms with Gasteiger partial charge in [-0.1, -0.05) is 11.6 Å². The molecule has 0 amide bonds. The van der Waals surface area contributed by atoms with Gasteiger partial charge in [0, 0.05) is 6.07 Å². The first-order valence-corrected chi connectivity index (χ1v) is 4.65. The van der Waals surface area contributed by atoms with Gasteiger partial charge in [0.15, 0.2) is 0 Å². The van der Waals surface area contributed by atoms with Crippen molar-refractivity contribution in [2.24, 2.45) is 0 Å². The molecule has 0 N–H and O–H groups in total. The first kappa shape index (κ1) is 11.8. The van der Waals surface area contributed by atoms with Gasteiger partial charge in [0.05, 0.1) is 8.59 Å². The summed E-state index contributed by atoms with van der Waals surface area (Å²) in [5.41, 5.74) is 0. The smallest absolute Gasteiger partial charge is 0.404 e. The van der Waals surface area contributed by atoms with Crippen molar-refractivity contribution in [2.75, 3.05) is 0 Å². The Morgan fingerprint density at radius 1 is 1.29 bits per heavy atom. The van der Waals surface area contributed by atoms with Gasteiger partial charge in [0.1, 0.15) is 11.6 Å². The monoisotopic (exact) mass is 340 g/mol. The van der Waals surface area contributed by atoms with Crippen LogP contribution in [0, 0.1) is 9.39 Å². The molecule has 1 nitrogen and oxygen atoms in total. The SMILES string of the molecule is Fc1cc(Cl)c(I)c(OC(F)(F)F)c1. The zero-order valence-electron chi connectivity index (χ0n) is 6.33. The average molecular weight is 340 g/mol. The van der Waals surface area contributed by atoms with Crippen LogP contribution in [0.4, 0.5) is 17.6 Å². The number of benzene rings is 1. The van der Waals surface area contributed by atoms with E-state index in [0.29, 0.717) is 6.07 Å². The summed E-state index contributed by atoms with van der Waals surface area (Å²) in [4.78, 5) is 0. The van der Waals surface area contributed by atoms with E-state index in [-0.39, 0.29) is 8.59 Å². The largest absolute Gasteiger partial charge is 0.573 e. The molecule has 0 spiro atoms. The number of hydrogen-bond donors (Lipinski definition) is 0. The number of halogens is 6. The number of ether oxygens (including phenoxy) is 1. The highest BCUT2D eigenvalue weighted by Crippen LogP contribution is 2.33. The molecule has 0 saturated carbocycles. The van der Waals surface area contributed by atoms with Crippen LogP contribution in [0.1, 0.15) is 0 Å². The van der Waals surface area contributed by atoms with Gasteiger partial charge in [-0.25, -0.2) is 4.39 Å². The molecule has 0 aromatic heterocycles. The van der Waals surface area contributed by atoms with Crippen molar-refractivity contribution < 1.29 is 22.3 Å². The molecular formula is C7H2ClF4IO. The van der Waals surface area contributed by atoms with Crippen molar-refractivity contribution in [2.45, 2.75) is 6.36 Å². The van der Waals surface area contributed by atoms with Crippen LogP contribution >= 0.6 is 34.2 Å². The first-order chi connectivity index (χ1) is 6.29. The van der Waals surface area contributed by atoms with Gasteiger partial charge in [0.25, 0.3) is 0 Å². The van der Waals surface area contributed by atoms with Gasteiger partial charge >= 0.3 is 6.36 Å². The van der Waals surface area contributed by atoms with E-state index in [0.717, 1.165) is 6.07 Å². The molecule has 1 aromatic carbocycles. The molecule has 0 heterocycles. The summed E-state index contributed by atoms with van der Waals surface area (Å²) < 4.78 is 51.6. The van der Waals surface area contributed by atoms with Crippen LogP contribution in [0.5, 0.6) is 5.75 Å². The lowest BCUT2D eigenvalue weighted by molar-refractivity contribution is -0.275. The minimum atomic E-state index is -4.85. The molecule has 0 aliphatic heterocycles. The van der Waals surface area contributed by atoms with Crippen LogP contribution in [0.3, 0.4) is 0 Å². The first-order valence-electron chi connectivity index (χ1n) is 3.20. The van der Waals surface area contributed by atoms with Gasteiger partial charge in [-0.2, -0.15) is 0 Å². The lowest BCUT2D eigenvalue weighted by Gasteiger charge is -2.11. The van der Waals surface area contributed by atoms with Crippen LogP contribution in [-0.2, 0) is 0 Å². The standard InChI is InChI=1S/C7H2ClF4IO/c8-4-1-3(9)2-5(6(4)13)14-7(10,11)12/h1-2H. The maximum absolute atomic E-state index is 12.6. The zero-order chi connectivity index (χ0) is 10.9. The molecule has 0 atom stereocenters. The van der Waals surface area contributed by atoms with Crippen LogP contribution in [0.2, 0.25) is 5.02 Å². The predicted molar refractivity (Wildman–Crippen MR) is 50.8 cm³/mol. The van der Waals surface area contributed by atoms with E-state index in [1.165, 1.54) is 22.6 Å². The molecule has 78 valence electrons. The summed E-state index contributed by atoms with van der Waals surface area (Å²) >= 11 is 6.99. The molecule has 0 saturated heterocycles. The van der Waals surface area contributed by atoms with Crippen LogP contribution in [0.15, 0.2) is 12.1 Å². The fourth-order valence-electron chi connectivity index (χ4n) is 0.731. The summed E-state index contributed by atoms with van der Waals surface area (Å²) in [6.07, 6.45) is -4.85. The number of hydrogen-bond acceptors (Lipinski definition) is 1. The second kappa shape index (κ2) is 4.09. The maximum Gasteiger partial charge on any atom is 0.573 e. The van der Waals surface area contributed by atoms with E-state index in [1.807, 2.05) is 0 Å². The van der Waals surface area contributed by atoms with E-state index < -0.39 is 17.9 Å². The summed E-state index contributed by atoms with van der Waals surface area (Å²) in [7, 11) is 0. The predicted octanol–water partition coefficient (Wildman–Crippen LogP) is 3.98. The Kier molecular flexibility index (Phi) is 3.46. The molecule has 7 heteroatoms. The van der Waals surface area contributed by atoms with Gasteiger partial charge < -0.3 is 4.74 Å². The van der Waals surface area contributed by atoms with Crippen molar-refractivity contribution in [3.63, 3.8) is 0 Å². The molecule has 1 rings (SSSR count). The molecule has 0 aliphatic rings. The van der Waals surface area contributed by atoms with Crippen LogP contribution in [0.25, 0.3) is 0 Å². The van der Waals surface area contributed by atoms with E-state index in [9.17, 15) is 17.6 Å². The molecule has 0 unspecified atom stereocenters. The average Bonchev–Trinajstić information content (AvgIpc) is 1.96. The zero-order valence-corrected chi connectivity index (χ0v) is 9.24. The van der Waals surface area contributed by atoms with Gasteiger partial charge in [-0.15, -0.1) is 13.2 Å². The second-order valence-corrected chi connectivity index (χ2v) is 3.73. The minimum absolute atomic E-state index is 0.0167. The van der Waals surface area contributed by atoms with Gasteiger partial charge in [-0.05, 0) is 28.7 Å². The molecule has 0 bridgehead atoms. The quantitative estimate of drug-likeness (QED) is 0.427. The van der Waals surface area contributed by atoms with Crippen LogP contribution in [-0.4, -0.2) is 6.36 Å². The van der Waals surface area contributed by atoms with E-state index >= 15 is 0 Å². The lowest BCUT2D eigenvalue weighted by Crippen LogP contribution is -2.18. The Hall–Kier alpha value is -0.240. The molecule has 0 radical (unpaired) electrons. The highest BCUT2D eigenvalue weighted by Gasteiger charge is 2.32. The Morgan fingerprint density at radius 2 is 1.86 bits per heavy atom. The summed E-state index contributed by atoms with van der Waals surface area (Å²) in [6, 6.07) is 1.54. The van der Waals surface area contributed by atoms with E-state index in [1.54, 1.807) is 0 Å². The molecule has 1 aromatic rings. The highest BCUT2D eigenvalue weighted by atomic mass is 127. The molecule has 14 heavy (non-hydrogen) atoms. The molecule has 0 aliphatic carbocycles. The topological polar surface area (TPSA) is 9.23 Å². The highest BCUT2D eigenvalue weighted by molar-refractivity contribution is 14.1. The number of alkyl halides is 3. The van der Waals surface area contributed by atoms with E-state index in [2.05, 4.69) is 4.74 Å². The Labute approximate surface area is 95.1 Å².